The molecular formula is C26H29N5OS. The fourth-order valence-corrected chi connectivity index (χ4v) is 4.40. The first kappa shape index (κ1) is 23.0. The number of fused-ring (bicyclic) bond motifs is 1. The smallest absolute Gasteiger partial charge is 0.230 e. The van der Waals surface area contributed by atoms with Crippen LogP contribution in [0.4, 0.5) is 0 Å². The predicted octanol–water partition coefficient (Wildman–Crippen LogP) is 5.43. The Kier molecular flexibility index (Phi) is 7.08. The van der Waals surface area contributed by atoms with Crippen molar-refractivity contribution in [1.29, 1.82) is 0 Å². The van der Waals surface area contributed by atoms with Crippen LogP contribution < -0.4 is 5.32 Å². The third-order valence-corrected chi connectivity index (χ3v) is 6.75. The Morgan fingerprint density at radius 2 is 1.76 bits per heavy atom. The average Bonchev–Trinajstić information content (AvgIpc) is 3.25. The molecular weight excluding hydrogens is 430 g/mol. The minimum atomic E-state index is 0.00845. The van der Waals surface area contributed by atoms with E-state index in [0.29, 0.717) is 18.2 Å². The number of pyridine rings is 1. The van der Waals surface area contributed by atoms with Crippen LogP contribution in [-0.4, -0.2) is 37.5 Å². The molecule has 170 valence electrons. The van der Waals surface area contributed by atoms with E-state index in [-0.39, 0.29) is 11.9 Å². The minimum Gasteiger partial charge on any atom is -0.353 e. The van der Waals surface area contributed by atoms with Crippen LogP contribution in [0.15, 0.2) is 65.8 Å². The van der Waals surface area contributed by atoms with E-state index in [9.17, 15) is 4.79 Å². The summed E-state index contributed by atoms with van der Waals surface area (Å²) in [5, 5.41) is 13.8. The number of nitrogens with zero attached hydrogens (tertiary/aromatic N) is 4. The molecule has 2 aromatic carbocycles. The Morgan fingerprint density at radius 1 is 1.03 bits per heavy atom. The molecule has 4 rings (SSSR count). The third kappa shape index (κ3) is 5.09. The quantitative estimate of drug-likeness (QED) is 0.356. The number of rotatable bonds is 8. The molecule has 0 aliphatic rings. The molecule has 0 aliphatic carbocycles. The summed E-state index contributed by atoms with van der Waals surface area (Å²) >= 11 is 1.42. The van der Waals surface area contributed by atoms with Crippen LogP contribution >= 0.6 is 11.8 Å². The van der Waals surface area contributed by atoms with Gasteiger partial charge in [-0.25, -0.2) is 4.98 Å². The highest BCUT2D eigenvalue weighted by atomic mass is 32.2. The summed E-state index contributed by atoms with van der Waals surface area (Å²) in [7, 11) is 0. The van der Waals surface area contributed by atoms with Gasteiger partial charge < -0.3 is 9.88 Å². The molecule has 0 aliphatic heterocycles. The summed E-state index contributed by atoms with van der Waals surface area (Å²) in [4.78, 5) is 17.3. The molecule has 1 unspecified atom stereocenters. The van der Waals surface area contributed by atoms with Crippen molar-refractivity contribution in [2.75, 3.05) is 5.75 Å². The fourth-order valence-electron chi connectivity index (χ4n) is 3.59. The van der Waals surface area contributed by atoms with Crippen LogP contribution in [-0.2, 0) is 11.3 Å². The normalized spacial score (nSPS) is 12.3. The van der Waals surface area contributed by atoms with E-state index < -0.39 is 0 Å². The SMILES string of the molecule is CCn1c(SCC(=O)NC(C)C(C)C)nnc1-c1cc(-c2ccccc2)nc2ccccc12. The van der Waals surface area contributed by atoms with Crippen LogP contribution in [0.2, 0.25) is 0 Å². The molecule has 0 radical (unpaired) electrons. The molecule has 6 nitrogen and oxygen atoms in total. The highest BCUT2D eigenvalue weighted by Gasteiger charge is 2.19. The lowest BCUT2D eigenvalue weighted by Crippen LogP contribution is -2.37. The Bertz CT molecular complexity index is 1250. The van der Waals surface area contributed by atoms with Crippen molar-refractivity contribution in [3.8, 4) is 22.6 Å². The molecule has 7 heteroatoms. The zero-order chi connectivity index (χ0) is 23.4. The number of amides is 1. The van der Waals surface area contributed by atoms with Crippen molar-refractivity contribution in [3.05, 3.63) is 60.7 Å². The zero-order valence-corrected chi connectivity index (χ0v) is 20.3. The maximum Gasteiger partial charge on any atom is 0.230 e. The van der Waals surface area contributed by atoms with Gasteiger partial charge in [-0.2, -0.15) is 0 Å². The minimum absolute atomic E-state index is 0.00845. The molecule has 33 heavy (non-hydrogen) atoms. The summed E-state index contributed by atoms with van der Waals surface area (Å²) in [5.74, 6) is 1.49. The number of benzene rings is 2. The van der Waals surface area contributed by atoms with E-state index in [1.165, 1.54) is 11.8 Å². The van der Waals surface area contributed by atoms with Crippen molar-refractivity contribution < 1.29 is 4.79 Å². The summed E-state index contributed by atoms with van der Waals surface area (Å²) < 4.78 is 2.07. The van der Waals surface area contributed by atoms with E-state index in [1.807, 2.05) is 43.3 Å². The van der Waals surface area contributed by atoms with Gasteiger partial charge in [-0.05, 0) is 31.9 Å². The first-order valence-corrected chi connectivity index (χ1v) is 12.3. The first-order chi connectivity index (χ1) is 16.0. The predicted molar refractivity (Wildman–Crippen MR) is 135 cm³/mol. The lowest BCUT2D eigenvalue weighted by atomic mass is 10.0. The molecule has 0 spiro atoms. The van der Waals surface area contributed by atoms with Crippen LogP contribution in [0.25, 0.3) is 33.5 Å². The Hall–Kier alpha value is -3.19. The molecule has 4 aromatic rings. The summed E-state index contributed by atoms with van der Waals surface area (Å²) in [6, 6.07) is 20.5. The number of para-hydroxylation sites is 1. The third-order valence-electron chi connectivity index (χ3n) is 5.78. The Morgan fingerprint density at radius 3 is 2.48 bits per heavy atom. The topological polar surface area (TPSA) is 72.7 Å². The van der Waals surface area contributed by atoms with Crippen molar-refractivity contribution in [1.82, 2.24) is 25.1 Å². The first-order valence-electron chi connectivity index (χ1n) is 11.3. The second-order valence-electron chi connectivity index (χ2n) is 8.38. The van der Waals surface area contributed by atoms with Crippen molar-refractivity contribution in [3.63, 3.8) is 0 Å². The highest BCUT2D eigenvalue weighted by Crippen LogP contribution is 2.32. The van der Waals surface area contributed by atoms with Crippen LogP contribution in [0, 0.1) is 5.92 Å². The molecule has 0 bridgehead atoms. The molecule has 1 atom stereocenters. The zero-order valence-electron chi connectivity index (χ0n) is 19.4. The Balaban J connectivity index is 1.69. The molecule has 1 N–H and O–H groups in total. The standard InChI is InChI=1S/C26H29N5OS/c1-5-31-25(29-30-26(31)33-16-24(32)27-18(4)17(2)3)21-15-23(19-11-7-6-8-12-19)28-22-14-10-9-13-20(21)22/h6-15,17-18H,5,16H2,1-4H3,(H,27,32). The van der Waals surface area contributed by atoms with Gasteiger partial charge in [0, 0.05) is 29.1 Å². The molecule has 2 aromatic heterocycles. The average molecular weight is 460 g/mol. The summed E-state index contributed by atoms with van der Waals surface area (Å²) in [6.07, 6.45) is 0. The van der Waals surface area contributed by atoms with E-state index >= 15 is 0 Å². The number of hydrogen-bond donors (Lipinski definition) is 1. The largest absolute Gasteiger partial charge is 0.353 e. The van der Waals surface area contributed by atoms with Gasteiger partial charge in [-0.15, -0.1) is 10.2 Å². The van der Waals surface area contributed by atoms with Gasteiger partial charge in [-0.3, -0.25) is 4.79 Å². The van der Waals surface area contributed by atoms with Gasteiger partial charge in [0.15, 0.2) is 11.0 Å². The molecule has 0 saturated heterocycles. The molecule has 2 heterocycles. The summed E-state index contributed by atoms with van der Waals surface area (Å²) in [6.45, 7) is 8.99. The number of carbonyl (C=O) groups is 1. The Labute approximate surface area is 198 Å². The van der Waals surface area contributed by atoms with E-state index in [4.69, 9.17) is 4.98 Å². The van der Waals surface area contributed by atoms with Crippen molar-refractivity contribution >= 4 is 28.6 Å². The van der Waals surface area contributed by atoms with Crippen LogP contribution in [0.3, 0.4) is 0 Å². The van der Waals surface area contributed by atoms with Crippen LogP contribution in [0.5, 0.6) is 0 Å². The van der Waals surface area contributed by atoms with E-state index in [2.05, 4.69) is 65.1 Å². The van der Waals surface area contributed by atoms with E-state index in [1.54, 1.807) is 0 Å². The van der Waals surface area contributed by atoms with Gasteiger partial charge in [0.2, 0.25) is 5.91 Å². The fraction of sp³-hybridized carbons (Fsp3) is 0.308. The maximum absolute atomic E-state index is 12.4. The maximum atomic E-state index is 12.4. The van der Waals surface area contributed by atoms with Crippen LogP contribution in [0.1, 0.15) is 27.7 Å². The number of aromatic nitrogens is 4. The monoisotopic (exact) mass is 459 g/mol. The van der Waals surface area contributed by atoms with Gasteiger partial charge in [0.05, 0.1) is 17.0 Å². The lowest BCUT2D eigenvalue weighted by Gasteiger charge is -2.17. The second kappa shape index (κ2) is 10.2. The second-order valence-corrected chi connectivity index (χ2v) is 9.32. The number of hydrogen-bond acceptors (Lipinski definition) is 5. The molecule has 1 amide bonds. The molecule has 0 fully saturated rings. The highest BCUT2D eigenvalue weighted by molar-refractivity contribution is 7.99. The van der Waals surface area contributed by atoms with Gasteiger partial charge in [0.1, 0.15) is 0 Å². The number of nitrogens with one attached hydrogen (secondary N) is 1. The lowest BCUT2D eigenvalue weighted by molar-refractivity contribution is -0.119. The van der Waals surface area contributed by atoms with Crippen molar-refractivity contribution in [2.45, 2.75) is 45.4 Å². The molecule has 0 saturated carbocycles. The van der Waals surface area contributed by atoms with E-state index in [0.717, 1.165) is 38.7 Å². The summed E-state index contributed by atoms with van der Waals surface area (Å²) in [5.41, 5.74) is 3.85. The van der Waals surface area contributed by atoms with Gasteiger partial charge in [0.25, 0.3) is 0 Å². The van der Waals surface area contributed by atoms with Gasteiger partial charge >= 0.3 is 0 Å². The van der Waals surface area contributed by atoms with Gasteiger partial charge in [-0.1, -0.05) is 74.1 Å². The number of carbonyl (C=O) groups excluding carboxylic acids is 1. The van der Waals surface area contributed by atoms with Crippen molar-refractivity contribution in [2.24, 2.45) is 5.92 Å². The number of thioether (sulfide) groups is 1.